The Morgan fingerprint density at radius 1 is 1.14 bits per heavy atom. The van der Waals surface area contributed by atoms with E-state index in [9.17, 15) is 22.8 Å². The number of alkyl halides is 3. The van der Waals surface area contributed by atoms with Gasteiger partial charge in [0, 0.05) is 0 Å². The van der Waals surface area contributed by atoms with Gasteiger partial charge >= 0.3 is 6.18 Å². The second-order valence-corrected chi connectivity index (χ2v) is 5.28. The topological polar surface area (TPSA) is 58.2 Å². The molecule has 0 aromatic heterocycles. The molecule has 122 valence electrons. The summed E-state index contributed by atoms with van der Waals surface area (Å²) in [6.45, 7) is 1.89. The Labute approximate surface area is 127 Å². The zero-order chi connectivity index (χ0) is 16.8. The fourth-order valence-corrected chi connectivity index (χ4v) is 1.84. The minimum atomic E-state index is -4.48. The maximum absolute atomic E-state index is 12.1. The molecule has 1 aromatic carbocycles. The van der Waals surface area contributed by atoms with Crippen LogP contribution in [-0.2, 0) is 16.0 Å². The third-order valence-corrected chi connectivity index (χ3v) is 2.94. The Morgan fingerprint density at radius 2 is 1.73 bits per heavy atom. The largest absolute Gasteiger partial charge is 0.405 e. The van der Waals surface area contributed by atoms with Gasteiger partial charge in [-0.25, -0.2) is 0 Å². The second-order valence-electron chi connectivity index (χ2n) is 5.28. The summed E-state index contributed by atoms with van der Waals surface area (Å²) in [6, 6.07) is 7.88. The maximum Gasteiger partial charge on any atom is 0.405 e. The van der Waals surface area contributed by atoms with Crippen LogP contribution in [0.1, 0.15) is 19.4 Å². The third kappa shape index (κ3) is 6.60. The number of rotatable bonds is 6. The molecule has 0 saturated carbocycles. The highest BCUT2D eigenvalue weighted by molar-refractivity contribution is 5.88. The highest BCUT2D eigenvalue weighted by Gasteiger charge is 2.31. The SMILES string of the molecule is CC(C)C(NC(=O)Cc1ccccc1)C(=O)NCC(F)(F)F. The van der Waals surface area contributed by atoms with E-state index in [0.29, 0.717) is 0 Å². The molecular weight excluding hydrogens is 297 g/mol. The molecule has 1 atom stereocenters. The van der Waals surface area contributed by atoms with Gasteiger partial charge in [0.25, 0.3) is 0 Å². The van der Waals surface area contributed by atoms with Crippen molar-refractivity contribution in [2.45, 2.75) is 32.5 Å². The van der Waals surface area contributed by atoms with Crippen LogP contribution in [0.5, 0.6) is 0 Å². The van der Waals surface area contributed by atoms with Crippen LogP contribution in [0.4, 0.5) is 13.2 Å². The lowest BCUT2D eigenvalue weighted by Gasteiger charge is -2.22. The Bertz CT molecular complexity index is 501. The summed E-state index contributed by atoms with van der Waals surface area (Å²) in [4.78, 5) is 23.7. The summed E-state index contributed by atoms with van der Waals surface area (Å²) < 4.78 is 36.4. The first-order valence-corrected chi connectivity index (χ1v) is 6.87. The Kier molecular flexibility index (Phi) is 6.39. The fraction of sp³-hybridized carbons (Fsp3) is 0.467. The average Bonchev–Trinajstić information content (AvgIpc) is 2.42. The Morgan fingerprint density at radius 3 is 2.23 bits per heavy atom. The van der Waals surface area contributed by atoms with Crippen molar-refractivity contribution >= 4 is 11.8 Å². The number of carbonyl (C=O) groups excluding carboxylic acids is 2. The van der Waals surface area contributed by atoms with Crippen molar-refractivity contribution in [3.8, 4) is 0 Å². The van der Waals surface area contributed by atoms with E-state index < -0.39 is 30.6 Å². The molecule has 2 amide bonds. The van der Waals surface area contributed by atoms with Crippen LogP contribution in [0.2, 0.25) is 0 Å². The number of nitrogens with one attached hydrogen (secondary N) is 2. The molecule has 0 radical (unpaired) electrons. The van der Waals surface area contributed by atoms with Crippen LogP contribution in [0.15, 0.2) is 30.3 Å². The van der Waals surface area contributed by atoms with Crippen molar-refractivity contribution in [1.29, 1.82) is 0 Å². The van der Waals surface area contributed by atoms with Gasteiger partial charge in [-0.05, 0) is 11.5 Å². The van der Waals surface area contributed by atoms with Crippen molar-refractivity contribution in [3.05, 3.63) is 35.9 Å². The van der Waals surface area contributed by atoms with Gasteiger partial charge < -0.3 is 10.6 Å². The van der Waals surface area contributed by atoms with Gasteiger partial charge in [-0.3, -0.25) is 9.59 Å². The first-order valence-electron chi connectivity index (χ1n) is 6.87. The molecular formula is C15H19F3N2O2. The Hall–Kier alpha value is -2.05. The number of benzene rings is 1. The molecule has 7 heteroatoms. The molecule has 0 bridgehead atoms. The van der Waals surface area contributed by atoms with Crippen molar-refractivity contribution in [2.75, 3.05) is 6.54 Å². The highest BCUT2D eigenvalue weighted by Crippen LogP contribution is 2.13. The van der Waals surface area contributed by atoms with Crippen LogP contribution in [0.25, 0.3) is 0 Å². The minimum absolute atomic E-state index is 0.0661. The maximum atomic E-state index is 12.1. The molecule has 0 aliphatic rings. The molecule has 0 saturated heterocycles. The van der Waals surface area contributed by atoms with Gasteiger partial charge in [-0.1, -0.05) is 44.2 Å². The molecule has 0 aliphatic heterocycles. The fourth-order valence-electron chi connectivity index (χ4n) is 1.84. The standard InChI is InChI=1S/C15H19F3N2O2/c1-10(2)13(14(22)19-9-15(16,17)18)20-12(21)8-11-6-4-3-5-7-11/h3-7,10,13H,8-9H2,1-2H3,(H,19,22)(H,20,21). The smallest absolute Gasteiger partial charge is 0.345 e. The van der Waals surface area contributed by atoms with Crippen molar-refractivity contribution in [1.82, 2.24) is 10.6 Å². The minimum Gasteiger partial charge on any atom is -0.345 e. The lowest BCUT2D eigenvalue weighted by atomic mass is 10.0. The van der Waals surface area contributed by atoms with Crippen LogP contribution in [0, 0.1) is 5.92 Å². The highest BCUT2D eigenvalue weighted by atomic mass is 19.4. The number of hydrogen-bond acceptors (Lipinski definition) is 2. The lowest BCUT2D eigenvalue weighted by Crippen LogP contribution is -2.51. The molecule has 2 N–H and O–H groups in total. The summed E-state index contributed by atoms with van der Waals surface area (Å²) in [6.07, 6.45) is -4.41. The lowest BCUT2D eigenvalue weighted by molar-refractivity contribution is -0.141. The molecule has 1 aromatic rings. The van der Waals surface area contributed by atoms with E-state index in [0.717, 1.165) is 5.56 Å². The Balaban J connectivity index is 2.60. The van der Waals surface area contributed by atoms with Gasteiger partial charge in [-0.15, -0.1) is 0 Å². The molecule has 0 fully saturated rings. The van der Waals surface area contributed by atoms with Gasteiger partial charge in [-0.2, -0.15) is 13.2 Å². The predicted octanol–water partition coefficient (Wildman–Crippen LogP) is 2.05. The van der Waals surface area contributed by atoms with E-state index >= 15 is 0 Å². The summed E-state index contributed by atoms with van der Waals surface area (Å²) in [5.41, 5.74) is 0.762. The molecule has 4 nitrogen and oxygen atoms in total. The summed E-state index contributed by atoms with van der Waals surface area (Å²) in [5.74, 6) is -1.58. The van der Waals surface area contributed by atoms with Gasteiger partial charge in [0.05, 0.1) is 6.42 Å². The summed E-state index contributed by atoms with van der Waals surface area (Å²) >= 11 is 0. The van der Waals surface area contributed by atoms with E-state index in [1.807, 2.05) is 6.07 Å². The van der Waals surface area contributed by atoms with Crippen LogP contribution in [-0.4, -0.2) is 30.6 Å². The van der Waals surface area contributed by atoms with Gasteiger partial charge in [0.1, 0.15) is 12.6 Å². The number of amides is 2. The predicted molar refractivity (Wildman–Crippen MR) is 76.0 cm³/mol. The molecule has 1 rings (SSSR count). The van der Waals surface area contributed by atoms with Crippen molar-refractivity contribution < 1.29 is 22.8 Å². The van der Waals surface area contributed by atoms with Gasteiger partial charge in [0.15, 0.2) is 0 Å². The molecule has 1 unspecified atom stereocenters. The van der Waals surface area contributed by atoms with E-state index in [-0.39, 0.29) is 12.3 Å². The first-order chi connectivity index (χ1) is 10.2. The molecule has 0 spiro atoms. The van der Waals surface area contributed by atoms with Crippen molar-refractivity contribution in [3.63, 3.8) is 0 Å². The third-order valence-electron chi connectivity index (χ3n) is 2.94. The summed E-state index contributed by atoms with van der Waals surface area (Å²) in [7, 11) is 0. The average molecular weight is 316 g/mol. The number of halogens is 3. The zero-order valence-electron chi connectivity index (χ0n) is 12.4. The quantitative estimate of drug-likeness (QED) is 0.844. The number of hydrogen-bond donors (Lipinski definition) is 2. The van der Waals surface area contributed by atoms with Crippen molar-refractivity contribution in [2.24, 2.45) is 5.92 Å². The number of carbonyl (C=O) groups is 2. The van der Waals surface area contributed by atoms with E-state index in [1.54, 1.807) is 43.4 Å². The first kappa shape index (κ1) is 18.0. The van der Waals surface area contributed by atoms with E-state index in [4.69, 9.17) is 0 Å². The van der Waals surface area contributed by atoms with E-state index in [1.165, 1.54) is 0 Å². The normalized spacial score (nSPS) is 12.8. The van der Waals surface area contributed by atoms with Crippen LogP contribution >= 0.6 is 0 Å². The monoisotopic (exact) mass is 316 g/mol. The second kappa shape index (κ2) is 7.82. The molecule has 0 aliphatic carbocycles. The summed E-state index contributed by atoms with van der Waals surface area (Å²) in [5, 5.41) is 4.28. The molecule has 22 heavy (non-hydrogen) atoms. The molecule has 0 heterocycles. The van der Waals surface area contributed by atoms with Crippen LogP contribution < -0.4 is 10.6 Å². The van der Waals surface area contributed by atoms with E-state index in [2.05, 4.69) is 5.32 Å². The van der Waals surface area contributed by atoms with Crippen LogP contribution in [0.3, 0.4) is 0 Å². The van der Waals surface area contributed by atoms with Gasteiger partial charge in [0.2, 0.25) is 11.8 Å². The zero-order valence-corrected chi connectivity index (χ0v) is 12.4.